The number of nitrogens with zero attached hydrogens (tertiary/aromatic N) is 4. The third kappa shape index (κ3) is 4.29. The lowest BCUT2D eigenvalue weighted by Crippen LogP contribution is -2.31. The van der Waals surface area contributed by atoms with Crippen LogP contribution in [0.1, 0.15) is 37.4 Å². The topological polar surface area (TPSA) is 110 Å². The number of benzene rings is 1. The van der Waals surface area contributed by atoms with Gasteiger partial charge in [0.25, 0.3) is 0 Å². The van der Waals surface area contributed by atoms with E-state index in [-0.39, 0.29) is 12.1 Å². The van der Waals surface area contributed by atoms with Crippen molar-refractivity contribution in [1.82, 2.24) is 19.3 Å². The van der Waals surface area contributed by atoms with E-state index < -0.39 is 22.5 Å². The van der Waals surface area contributed by atoms with Crippen LogP contribution in [0.3, 0.4) is 0 Å². The molecule has 9 nitrogen and oxygen atoms in total. The van der Waals surface area contributed by atoms with E-state index in [1.165, 1.54) is 18.9 Å². The first-order valence-corrected chi connectivity index (χ1v) is 11.6. The number of aromatic nitrogens is 3. The predicted molar refractivity (Wildman–Crippen MR) is 118 cm³/mol. The SMILES string of the molecule is CNS(=O)(=O)O[C@H]1C[C@H](n2ccc3c(N(C)[C@@H](C)c4ccccc4)ncnc32)C[C@@H]1O. The normalized spacial score (nSPS) is 22.6. The highest BCUT2D eigenvalue weighted by molar-refractivity contribution is 7.84. The predicted octanol–water partition coefficient (Wildman–Crippen LogP) is 2.17. The zero-order valence-corrected chi connectivity index (χ0v) is 18.5. The summed E-state index contributed by atoms with van der Waals surface area (Å²) in [6.07, 6.45) is 2.50. The molecule has 0 amide bonds. The number of aliphatic hydroxyl groups is 1. The third-order valence-electron chi connectivity index (χ3n) is 6.03. The minimum absolute atomic E-state index is 0.112. The van der Waals surface area contributed by atoms with Crippen LogP contribution in [-0.2, 0) is 14.5 Å². The highest BCUT2D eigenvalue weighted by Gasteiger charge is 2.38. The summed E-state index contributed by atoms with van der Waals surface area (Å²) in [6.45, 7) is 2.12. The molecule has 0 bridgehead atoms. The van der Waals surface area contributed by atoms with Crippen LogP contribution in [0, 0.1) is 0 Å². The molecule has 0 unspecified atom stereocenters. The summed E-state index contributed by atoms with van der Waals surface area (Å²) in [5, 5.41) is 11.3. The maximum absolute atomic E-state index is 11.7. The lowest BCUT2D eigenvalue weighted by molar-refractivity contribution is 0.0635. The lowest BCUT2D eigenvalue weighted by atomic mass is 10.1. The van der Waals surface area contributed by atoms with E-state index in [1.54, 1.807) is 0 Å². The summed E-state index contributed by atoms with van der Waals surface area (Å²) >= 11 is 0. The van der Waals surface area contributed by atoms with Crippen molar-refractivity contribution in [2.45, 2.75) is 44.1 Å². The quantitative estimate of drug-likeness (QED) is 0.574. The summed E-state index contributed by atoms with van der Waals surface area (Å²) in [6, 6.07) is 12.1. The highest BCUT2D eigenvalue weighted by Crippen LogP contribution is 2.37. The first-order chi connectivity index (χ1) is 14.8. The molecule has 1 aliphatic carbocycles. The van der Waals surface area contributed by atoms with Crippen LogP contribution < -0.4 is 9.62 Å². The molecule has 0 aliphatic heterocycles. The number of hydrogen-bond donors (Lipinski definition) is 2. The largest absolute Gasteiger partial charge is 0.390 e. The summed E-state index contributed by atoms with van der Waals surface area (Å²) in [5.74, 6) is 0.809. The molecule has 4 rings (SSSR count). The van der Waals surface area contributed by atoms with Crippen molar-refractivity contribution in [2.24, 2.45) is 0 Å². The molecule has 0 spiro atoms. The summed E-state index contributed by atoms with van der Waals surface area (Å²) in [5.41, 5.74) is 1.92. The van der Waals surface area contributed by atoms with Crippen LogP contribution in [-0.4, -0.2) is 54.4 Å². The monoisotopic (exact) mass is 445 g/mol. The van der Waals surface area contributed by atoms with E-state index in [9.17, 15) is 13.5 Å². The summed E-state index contributed by atoms with van der Waals surface area (Å²) < 4.78 is 32.6. The van der Waals surface area contributed by atoms with Crippen LogP contribution in [0.5, 0.6) is 0 Å². The van der Waals surface area contributed by atoms with Crippen molar-refractivity contribution in [1.29, 1.82) is 0 Å². The number of hydrogen-bond acceptors (Lipinski definition) is 7. The number of nitrogens with one attached hydrogen (secondary N) is 1. The highest BCUT2D eigenvalue weighted by atomic mass is 32.2. The van der Waals surface area contributed by atoms with Crippen LogP contribution in [0.4, 0.5) is 5.82 Å². The Morgan fingerprint density at radius 3 is 2.68 bits per heavy atom. The maximum atomic E-state index is 11.7. The molecule has 4 atom stereocenters. The van der Waals surface area contributed by atoms with Crippen LogP contribution in [0.15, 0.2) is 48.9 Å². The first kappa shape index (κ1) is 21.7. The first-order valence-electron chi connectivity index (χ1n) is 10.2. The van der Waals surface area contributed by atoms with Gasteiger partial charge < -0.3 is 14.6 Å². The van der Waals surface area contributed by atoms with Gasteiger partial charge in [0.15, 0.2) is 0 Å². The molecular formula is C21H27N5O4S. The number of rotatable bonds is 7. The van der Waals surface area contributed by atoms with E-state index in [4.69, 9.17) is 4.18 Å². The Morgan fingerprint density at radius 1 is 1.23 bits per heavy atom. The van der Waals surface area contributed by atoms with Crippen molar-refractivity contribution in [3.05, 3.63) is 54.5 Å². The number of anilines is 1. The van der Waals surface area contributed by atoms with Crippen molar-refractivity contribution >= 4 is 27.2 Å². The van der Waals surface area contributed by atoms with Crippen molar-refractivity contribution in [3.63, 3.8) is 0 Å². The minimum Gasteiger partial charge on any atom is -0.390 e. The second kappa shape index (κ2) is 8.54. The molecule has 2 heterocycles. The number of fused-ring (bicyclic) bond motifs is 1. The molecule has 0 saturated heterocycles. The fourth-order valence-corrected chi connectivity index (χ4v) is 4.79. The molecule has 166 valence electrons. The molecule has 1 fully saturated rings. The zero-order valence-electron chi connectivity index (χ0n) is 17.7. The molecule has 2 N–H and O–H groups in total. The van der Waals surface area contributed by atoms with Gasteiger partial charge in [-0.3, -0.25) is 4.18 Å². The van der Waals surface area contributed by atoms with Crippen molar-refractivity contribution < 1.29 is 17.7 Å². The van der Waals surface area contributed by atoms with Crippen LogP contribution in [0.25, 0.3) is 11.0 Å². The van der Waals surface area contributed by atoms with Gasteiger partial charge in [-0.15, -0.1) is 0 Å². The standard InChI is InChI=1S/C21H27N5O4S/c1-14(15-7-5-4-6-8-15)25(3)20-17-9-10-26(21(17)24-13-23-20)16-11-18(27)19(12-16)30-31(28,29)22-2/h4-10,13-14,16,18-19,22,27H,11-12H2,1-3H3/t14-,16+,18-,19-/m0/s1. The molecular weight excluding hydrogens is 418 g/mol. The minimum atomic E-state index is -3.88. The van der Waals surface area contributed by atoms with Gasteiger partial charge >= 0.3 is 10.3 Å². The fraction of sp³-hybridized carbons (Fsp3) is 0.429. The van der Waals surface area contributed by atoms with Crippen molar-refractivity contribution in [3.8, 4) is 0 Å². The molecule has 31 heavy (non-hydrogen) atoms. The van der Waals surface area contributed by atoms with Crippen LogP contribution in [0.2, 0.25) is 0 Å². The maximum Gasteiger partial charge on any atom is 0.335 e. The van der Waals surface area contributed by atoms with Gasteiger partial charge in [0.1, 0.15) is 23.9 Å². The third-order valence-corrected chi connectivity index (χ3v) is 7.03. The zero-order chi connectivity index (χ0) is 22.2. The molecule has 1 aromatic carbocycles. The van der Waals surface area contributed by atoms with E-state index in [0.29, 0.717) is 12.8 Å². The van der Waals surface area contributed by atoms with Gasteiger partial charge in [0, 0.05) is 26.3 Å². The van der Waals surface area contributed by atoms with E-state index in [2.05, 4.69) is 38.6 Å². The van der Waals surface area contributed by atoms with E-state index in [1.807, 2.05) is 42.1 Å². The summed E-state index contributed by atoms with van der Waals surface area (Å²) in [7, 11) is -0.597. The average molecular weight is 446 g/mol. The Hall–Kier alpha value is -2.53. The Morgan fingerprint density at radius 2 is 1.97 bits per heavy atom. The fourth-order valence-electron chi connectivity index (χ4n) is 4.17. The Balaban J connectivity index is 1.61. The van der Waals surface area contributed by atoms with Crippen LogP contribution >= 0.6 is 0 Å². The average Bonchev–Trinajstić information content (AvgIpc) is 3.36. The van der Waals surface area contributed by atoms with Gasteiger partial charge in [-0.25, -0.2) is 9.97 Å². The molecule has 10 heteroatoms. The van der Waals surface area contributed by atoms with Gasteiger partial charge in [-0.05, 0) is 31.4 Å². The Kier molecular flexibility index (Phi) is 5.98. The van der Waals surface area contributed by atoms with Crippen molar-refractivity contribution in [2.75, 3.05) is 19.0 Å². The Labute approximate surface area is 181 Å². The Bertz CT molecular complexity index is 1150. The second-order valence-corrected chi connectivity index (χ2v) is 9.35. The molecule has 0 radical (unpaired) electrons. The molecule has 2 aromatic heterocycles. The number of aliphatic hydroxyl groups excluding tert-OH is 1. The molecule has 1 aliphatic rings. The van der Waals surface area contributed by atoms with Gasteiger partial charge in [-0.1, -0.05) is 30.3 Å². The smallest absolute Gasteiger partial charge is 0.335 e. The molecule has 1 saturated carbocycles. The van der Waals surface area contributed by atoms with Gasteiger partial charge in [0.05, 0.1) is 17.5 Å². The van der Waals surface area contributed by atoms with Gasteiger partial charge in [0.2, 0.25) is 0 Å². The molecule has 3 aromatic rings. The van der Waals surface area contributed by atoms with E-state index >= 15 is 0 Å². The lowest BCUT2D eigenvalue weighted by Gasteiger charge is -2.27. The van der Waals surface area contributed by atoms with Gasteiger partial charge in [-0.2, -0.15) is 13.1 Å². The van der Waals surface area contributed by atoms with E-state index in [0.717, 1.165) is 16.9 Å². The summed E-state index contributed by atoms with van der Waals surface area (Å²) in [4.78, 5) is 11.1. The second-order valence-electron chi connectivity index (χ2n) is 7.84.